The van der Waals surface area contributed by atoms with E-state index in [-0.39, 0.29) is 11.8 Å². The average molecular weight is 392 g/mol. The van der Waals surface area contributed by atoms with Gasteiger partial charge in [0.1, 0.15) is 5.70 Å². The highest BCUT2D eigenvalue weighted by molar-refractivity contribution is 7.11. The maximum absolute atomic E-state index is 13.1. The molecule has 1 N–H and O–H groups in total. The molecular formula is C22H20N2O3S. The molecule has 3 aromatic rings. The first-order chi connectivity index (χ1) is 13.7. The third-order valence-corrected chi connectivity index (χ3v) is 5.60. The zero-order chi connectivity index (χ0) is 19.5. The molecule has 1 aliphatic rings. The number of nitrogens with zero attached hydrogens (tertiary/aromatic N) is 1. The second-order valence-corrected chi connectivity index (χ2v) is 7.44. The molecule has 0 saturated carbocycles. The highest BCUT2D eigenvalue weighted by Gasteiger charge is 2.39. The van der Waals surface area contributed by atoms with Gasteiger partial charge in [0.2, 0.25) is 0 Å². The Kier molecular flexibility index (Phi) is 5.23. The Morgan fingerprint density at radius 3 is 2.61 bits per heavy atom. The van der Waals surface area contributed by atoms with Crippen molar-refractivity contribution in [3.8, 4) is 0 Å². The average Bonchev–Trinajstić information content (AvgIpc) is 3.31. The van der Waals surface area contributed by atoms with E-state index in [4.69, 9.17) is 4.74 Å². The van der Waals surface area contributed by atoms with E-state index in [0.717, 1.165) is 21.3 Å². The number of benzene rings is 2. The lowest BCUT2D eigenvalue weighted by atomic mass is 10.1. The molecular weight excluding hydrogens is 372 g/mol. The van der Waals surface area contributed by atoms with Crippen molar-refractivity contribution in [1.82, 2.24) is 4.90 Å². The molecule has 1 aromatic heterocycles. The van der Waals surface area contributed by atoms with Gasteiger partial charge in [0.05, 0.1) is 5.57 Å². The van der Waals surface area contributed by atoms with Crippen LogP contribution in [0.4, 0.5) is 5.69 Å². The molecule has 0 spiro atoms. The maximum atomic E-state index is 13.1. The molecule has 28 heavy (non-hydrogen) atoms. The van der Waals surface area contributed by atoms with E-state index in [0.29, 0.717) is 30.8 Å². The van der Waals surface area contributed by atoms with Crippen molar-refractivity contribution >= 4 is 45.2 Å². The molecule has 0 aliphatic carbocycles. The van der Waals surface area contributed by atoms with Gasteiger partial charge in [-0.15, -0.1) is 11.3 Å². The molecule has 142 valence electrons. The summed E-state index contributed by atoms with van der Waals surface area (Å²) in [7, 11) is 1.61. The number of ether oxygens (including phenoxy) is 1. The summed E-state index contributed by atoms with van der Waals surface area (Å²) in [5.74, 6) is -0.552. The third kappa shape index (κ3) is 3.32. The first-order valence-corrected chi connectivity index (χ1v) is 9.96. The Hall–Kier alpha value is -2.96. The molecule has 0 unspecified atom stereocenters. The van der Waals surface area contributed by atoms with Gasteiger partial charge >= 0.3 is 0 Å². The second-order valence-electron chi connectivity index (χ2n) is 6.49. The van der Waals surface area contributed by atoms with Gasteiger partial charge in [-0.2, -0.15) is 0 Å². The van der Waals surface area contributed by atoms with Crippen LogP contribution in [0.15, 0.2) is 65.7 Å². The molecule has 2 aromatic carbocycles. The Balaban J connectivity index is 1.74. The minimum absolute atomic E-state index is 0.258. The van der Waals surface area contributed by atoms with Crippen LogP contribution < -0.4 is 5.32 Å². The Morgan fingerprint density at radius 2 is 1.82 bits per heavy atom. The van der Waals surface area contributed by atoms with Crippen LogP contribution in [0.5, 0.6) is 0 Å². The van der Waals surface area contributed by atoms with Crippen molar-refractivity contribution < 1.29 is 14.3 Å². The maximum Gasteiger partial charge on any atom is 0.278 e. The topological polar surface area (TPSA) is 58.6 Å². The fourth-order valence-corrected chi connectivity index (χ4v) is 4.15. The second kappa shape index (κ2) is 7.96. The first kappa shape index (κ1) is 18.4. The number of rotatable bonds is 7. The van der Waals surface area contributed by atoms with Crippen molar-refractivity contribution in [3.05, 3.63) is 70.6 Å². The zero-order valence-electron chi connectivity index (χ0n) is 15.5. The van der Waals surface area contributed by atoms with Gasteiger partial charge in [0.25, 0.3) is 11.8 Å². The van der Waals surface area contributed by atoms with E-state index in [1.165, 1.54) is 16.2 Å². The molecule has 0 saturated heterocycles. The Morgan fingerprint density at radius 1 is 1.00 bits per heavy atom. The Bertz CT molecular complexity index is 1050. The normalized spacial score (nSPS) is 14.4. The number of amides is 2. The molecule has 0 bridgehead atoms. The van der Waals surface area contributed by atoms with Crippen LogP contribution >= 0.6 is 11.3 Å². The van der Waals surface area contributed by atoms with Crippen molar-refractivity contribution in [2.24, 2.45) is 0 Å². The number of thiophene rings is 1. The molecule has 4 rings (SSSR count). The van der Waals surface area contributed by atoms with Crippen molar-refractivity contribution in [3.63, 3.8) is 0 Å². The van der Waals surface area contributed by atoms with Crippen LogP contribution in [0, 0.1) is 0 Å². The standard InChI is InChI=1S/C22H20N2O3S/c1-27-13-6-12-24-21(25)19(18-11-5-14-28-18)20(22(24)26)23-17-10-4-8-15-7-2-3-9-16(15)17/h2-5,7-11,14,23H,6,12-13H2,1H3. The quantitative estimate of drug-likeness (QED) is 0.485. The highest BCUT2D eigenvalue weighted by atomic mass is 32.1. The van der Waals surface area contributed by atoms with Crippen LogP contribution in [-0.4, -0.2) is 37.0 Å². The van der Waals surface area contributed by atoms with Crippen molar-refractivity contribution in [2.45, 2.75) is 6.42 Å². The lowest BCUT2D eigenvalue weighted by molar-refractivity contribution is -0.136. The molecule has 6 heteroatoms. The monoisotopic (exact) mass is 392 g/mol. The number of fused-ring (bicyclic) bond motifs is 1. The highest BCUT2D eigenvalue weighted by Crippen LogP contribution is 2.34. The van der Waals surface area contributed by atoms with E-state index < -0.39 is 0 Å². The smallest absolute Gasteiger partial charge is 0.278 e. The van der Waals surface area contributed by atoms with Crippen molar-refractivity contribution in [1.29, 1.82) is 0 Å². The number of imide groups is 1. The molecule has 0 fully saturated rings. The van der Waals surface area contributed by atoms with Crippen LogP contribution in [0.2, 0.25) is 0 Å². The fourth-order valence-electron chi connectivity index (χ4n) is 3.38. The Labute approximate surface area is 167 Å². The molecule has 2 amide bonds. The van der Waals surface area contributed by atoms with Crippen LogP contribution in [0.25, 0.3) is 16.3 Å². The van der Waals surface area contributed by atoms with Crippen molar-refractivity contribution in [2.75, 3.05) is 25.6 Å². The van der Waals surface area contributed by atoms with Gasteiger partial charge in [-0.05, 0) is 29.3 Å². The number of carbonyl (C=O) groups excluding carboxylic acids is 2. The van der Waals surface area contributed by atoms with E-state index >= 15 is 0 Å². The fraction of sp³-hybridized carbons (Fsp3) is 0.182. The summed E-state index contributed by atoms with van der Waals surface area (Å²) in [5.41, 5.74) is 1.58. The third-order valence-electron chi connectivity index (χ3n) is 4.72. The van der Waals surface area contributed by atoms with Gasteiger partial charge in [-0.3, -0.25) is 14.5 Å². The molecule has 1 aliphatic heterocycles. The summed E-state index contributed by atoms with van der Waals surface area (Å²) in [6.45, 7) is 0.832. The number of anilines is 1. The number of hydrogen-bond donors (Lipinski definition) is 1. The predicted octanol–water partition coefficient (Wildman–Crippen LogP) is 4.13. The first-order valence-electron chi connectivity index (χ1n) is 9.09. The molecule has 2 heterocycles. The van der Waals surface area contributed by atoms with E-state index in [2.05, 4.69) is 5.32 Å². The zero-order valence-corrected chi connectivity index (χ0v) is 16.3. The van der Waals surface area contributed by atoms with E-state index in [9.17, 15) is 9.59 Å². The minimum atomic E-state index is -0.294. The lowest BCUT2D eigenvalue weighted by Crippen LogP contribution is -2.33. The molecule has 5 nitrogen and oxygen atoms in total. The van der Waals surface area contributed by atoms with Crippen LogP contribution in [0.3, 0.4) is 0 Å². The van der Waals surface area contributed by atoms with Gasteiger partial charge in [0, 0.05) is 36.2 Å². The minimum Gasteiger partial charge on any atom is -0.385 e. The number of nitrogens with one attached hydrogen (secondary N) is 1. The number of hydrogen-bond acceptors (Lipinski definition) is 5. The van der Waals surface area contributed by atoms with Gasteiger partial charge in [0.15, 0.2) is 0 Å². The lowest BCUT2D eigenvalue weighted by Gasteiger charge is -2.15. The molecule has 0 atom stereocenters. The summed E-state index contributed by atoms with van der Waals surface area (Å²) < 4.78 is 5.07. The summed E-state index contributed by atoms with van der Waals surface area (Å²) in [6, 6.07) is 17.6. The SMILES string of the molecule is COCCCN1C(=O)C(Nc2cccc3ccccc23)=C(c2cccs2)C1=O. The van der Waals surface area contributed by atoms with Gasteiger partial charge in [-0.25, -0.2) is 0 Å². The largest absolute Gasteiger partial charge is 0.385 e. The summed E-state index contributed by atoms with van der Waals surface area (Å²) in [6.07, 6.45) is 0.604. The van der Waals surface area contributed by atoms with Crippen LogP contribution in [0.1, 0.15) is 11.3 Å². The number of methoxy groups -OCH3 is 1. The van der Waals surface area contributed by atoms with Crippen LogP contribution in [-0.2, 0) is 14.3 Å². The predicted molar refractivity (Wildman–Crippen MR) is 112 cm³/mol. The summed E-state index contributed by atoms with van der Waals surface area (Å²) >= 11 is 1.45. The summed E-state index contributed by atoms with van der Waals surface area (Å²) in [5, 5.41) is 7.24. The van der Waals surface area contributed by atoms with E-state index in [1.807, 2.05) is 60.0 Å². The van der Waals surface area contributed by atoms with Gasteiger partial charge < -0.3 is 10.1 Å². The summed E-state index contributed by atoms with van der Waals surface area (Å²) in [4.78, 5) is 28.2. The van der Waals surface area contributed by atoms with Gasteiger partial charge in [-0.1, -0.05) is 42.5 Å². The van der Waals surface area contributed by atoms with E-state index in [1.54, 1.807) is 7.11 Å². The number of carbonyl (C=O) groups is 2. The molecule has 0 radical (unpaired) electrons.